The van der Waals surface area contributed by atoms with Crippen LogP contribution in [0.4, 0.5) is 9.18 Å². The molecular weight excluding hydrogens is 387 g/mol. The van der Waals surface area contributed by atoms with Gasteiger partial charge in [0, 0.05) is 23.0 Å². The van der Waals surface area contributed by atoms with Crippen molar-refractivity contribution in [1.82, 2.24) is 20.4 Å². The second kappa shape index (κ2) is 7.82. The van der Waals surface area contributed by atoms with E-state index in [0.717, 1.165) is 5.69 Å². The minimum atomic E-state index is -0.861. The largest absolute Gasteiger partial charge is 0.468 e. The highest BCUT2D eigenvalue weighted by atomic mass is 19.1. The molecule has 0 unspecified atom stereocenters. The van der Waals surface area contributed by atoms with Gasteiger partial charge in [0.05, 0.1) is 24.5 Å². The first-order valence-corrected chi connectivity index (χ1v) is 9.23. The van der Waals surface area contributed by atoms with E-state index in [9.17, 15) is 14.0 Å². The van der Waals surface area contributed by atoms with Crippen LogP contribution in [0.15, 0.2) is 73.1 Å². The number of methoxy groups -OCH3 is 1. The van der Waals surface area contributed by atoms with Gasteiger partial charge in [-0.3, -0.25) is 4.79 Å². The molecule has 1 saturated heterocycles. The van der Waals surface area contributed by atoms with Crippen LogP contribution in [-0.4, -0.2) is 28.9 Å². The molecule has 0 bridgehead atoms. The van der Waals surface area contributed by atoms with Gasteiger partial charge in [-0.25, -0.2) is 13.9 Å². The van der Waals surface area contributed by atoms with Crippen LogP contribution in [0.1, 0.15) is 11.6 Å². The van der Waals surface area contributed by atoms with Gasteiger partial charge in [-0.15, -0.1) is 0 Å². The molecule has 0 spiro atoms. The summed E-state index contributed by atoms with van der Waals surface area (Å²) in [5, 5.41) is 9.97. The summed E-state index contributed by atoms with van der Waals surface area (Å²) in [7, 11) is 1.28. The second-order valence-electron chi connectivity index (χ2n) is 6.82. The van der Waals surface area contributed by atoms with Gasteiger partial charge in [0.2, 0.25) is 0 Å². The molecule has 8 heteroatoms. The molecule has 7 nitrogen and oxygen atoms in total. The zero-order valence-corrected chi connectivity index (χ0v) is 16.1. The smallest absolute Gasteiger partial charge is 0.319 e. The maximum atomic E-state index is 13.5. The Balaban J connectivity index is 1.89. The molecule has 30 heavy (non-hydrogen) atoms. The lowest BCUT2D eigenvalue weighted by atomic mass is 9.88. The molecule has 3 aromatic rings. The molecule has 2 N–H and O–H groups in total. The Morgan fingerprint density at radius 1 is 1.17 bits per heavy atom. The summed E-state index contributed by atoms with van der Waals surface area (Å²) >= 11 is 0. The molecule has 1 fully saturated rings. The van der Waals surface area contributed by atoms with Gasteiger partial charge in [-0.2, -0.15) is 5.10 Å². The monoisotopic (exact) mass is 406 g/mol. The van der Waals surface area contributed by atoms with Crippen LogP contribution < -0.4 is 10.6 Å². The standard InChI is InChI=1S/C22H19FN4O3/c1-13-18(21(28)30-2)20(25-22(29)24-13)17-12-27(16-6-4-3-5-7-16)26-19(17)14-8-10-15(23)11-9-14/h3-12,18,20H,1H2,2H3,(H2,24,25,29)/t18-,20+/m0/s1. The first kappa shape index (κ1) is 19.4. The highest BCUT2D eigenvalue weighted by Crippen LogP contribution is 2.36. The topological polar surface area (TPSA) is 85.3 Å². The number of para-hydroxylation sites is 1. The number of hydrogen-bond donors (Lipinski definition) is 2. The molecule has 2 heterocycles. The van der Waals surface area contributed by atoms with Crippen molar-refractivity contribution in [1.29, 1.82) is 0 Å². The Morgan fingerprint density at radius 3 is 2.53 bits per heavy atom. The number of aromatic nitrogens is 2. The van der Waals surface area contributed by atoms with Crippen molar-refractivity contribution in [2.75, 3.05) is 7.11 Å². The van der Waals surface area contributed by atoms with Crippen LogP contribution in [-0.2, 0) is 9.53 Å². The SMILES string of the molecule is C=C1NC(=O)N[C@H](c2cn(-c3ccccc3)nc2-c2ccc(F)cc2)[C@H]1C(=O)OC. The Bertz CT molecular complexity index is 1110. The first-order chi connectivity index (χ1) is 14.5. The summed E-state index contributed by atoms with van der Waals surface area (Å²) in [4.78, 5) is 24.7. The number of benzene rings is 2. The van der Waals surface area contributed by atoms with Gasteiger partial charge < -0.3 is 15.4 Å². The van der Waals surface area contributed by atoms with Crippen molar-refractivity contribution in [2.24, 2.45) is 5.92 Å². The van der Waals surface area contributed by atoms with Gasteiger partial charge in [0.1, 0.15) is 11.7 Å². The lowest BCUT2D eigenvalue weighted by Crippen LogP contribution is -2.51. The fourth-order valence-corrected chi connectivity index (χ4v) is 3.51. The van der Waals surface area contributed by atoms with Gasteiger partial charge in [-0.05, 0) is 36.4 Å². The maximum Gasteiger partial charge on any atom is 0.319 e. The van der Waals surface area contributed by atoms with Crippen molar-refractivity contribution in [3.63, 3.8) is 0 Å². The first-order valence-electron chi connectivity index (χ1n) is 9.23. The Labute approximate surface area is 172 Å². The third kappa shape index (κ3) is 3.55. The lowest BCUT2D eigenvalue weighted by molar-refractivity contribution is -0.145. The number of hydrogen-bond acceptors (Lipinski definition) is 4. The fraction of sp³-hybridized carbons (Fsp3) is 0.136. The predicted molar refractivity (Wildman–Crippen MR) is 108 cm³/mol. The van der Waals surface area contributed by atoms with Gasteiger partial charge in [-0.1, -0.05) is 24.8 Å². The van der Waals surface area contributed by atoms with Crippen LogP contribution >= 0.6 is 0 Å². The van der Waals surface area contributed by atoms with E-state index in [2.05, 4.69) is 22.3 Å². The summed E-state index contributed by atoms with van der Waals surface area (Å²) in [5.41, 5.74) is 2.75. The number of nitrogens with zero attached hydrogens (tertiary/aromatic N) is 2. The quantitative estimate of drug-likeness (QED) is 0.651. The Hall–Kier alpha value is -3.94. The molecule has 0 saturated carbocycles. The third-order valence-corrected chi connectivity index (χ3v) is 4.94. The molecule has 1 aromatic heterocycles. The van der Waals surface area contributed by atoms with E-state index < -0.39 is 24.0 Å². The summed E-state index contributed by atoms with van der Waals surface area (Å²) < 4.78 is 20.1. The minimum Gasteiger partial charge on any atom is -0.468 e. The van der Waals surface area contributed by atoms with Gasteiger partial charge in [0.25, 0.3) is 0 Å². The molecular formula is C22H19FN4O3. The van der Waals surface area contributed by atoms with E-state index >= 15 is 0 Å². The molecule has 1 aliphatic rings. The number of esters is 1. The summed E-state index contributed by atoms with van der Waals surface area (Å²) in [6.07, 6.45) is 1.74. The van der Waals surface area contributed by atoms with Crippen molar-refractivity contribution in [2.45, 2.75) is 6.04 Å². The highest BCUT2D eigenvalue weighted by Gasteiger charge is 2.40. The van der Waals surface area contributed by atoms with E-state index in [1.807, 2.05) is 30.3 Å². The maximum absolute atomic E-state index is 13.5. The summed E-state index contributed by atoms with van der Waals surface area (Å²) in [6, 6.07) is 14.0. The average molecular weight is 406 g/mol. The van der Waals surface area contributed by atoms with Crippen molar-refractivity contribution in [3.8, 4) is 16.9 Å². The second-order valence-corrected chi connectivity index (χ2v) is 6.82. The van der Waals surface area contributed by atoms with Crippen molar-refractivity contribution in [3.05, 3.63) is 84.5 Å². The van der Waals surface area contributed by atoms with Gasteiger partial charge >= 0.3 is 12.0 Å². The summed E-state index contributed by atoms with van der Waals surface area (Å²) in [5.74, 6) is -1.78. The van der Waals surface area contributed by atoms with E-state index in [1.54, 1.807) is 23.0 Å². The Morgan fingerprint density at radius 2 is 1.87 bits per heavy atom. The number of amides is 2. The molecule has 1 aliphatic heterocycles. The molecule has 0 radical (unpaired) electrons. The number of carbonyl (C=O) groups excluding carboxylic acids is 2. The van der Waals surface area contributed by atoms with Gasteiger partial charge in [0.15, 0.2) is 0 Å². The molecule has 2 amide bonds. The average Bonchev–Trinajstić information content (AvgIpc) is 3.19. The molecule has 152 valence electrons. The van der Waals surface area contributed by atoms with Crippen molar-refractivity contribution >= 4 is 12.0 Å². The number of urea groups is 1. The van der Waals surface area contributed by atoms with Crippen LogP contribution in [0.2, 0.25) is 0 Å². The van der Waals surface area contributed by atoms with Crippen molar-refractivity contribution < 1.29 is 18.7 Å². The molecule has 4 rings (SSSR count). The van der Waals surface area contributed by atoms with E-state index in [0.29, 0.717) is 16.8 Å². The van der Waals surface area contributed by atoms with Crippen LogP contribution in [0, 0.1) is 11.7 Å². The van der Waals surface area contributed by atoms with Crippen LogP contribution in [0.25, 0.3) is 16.9 Å². The minimum absolute atomic E-state index is 0.230. The molecule has 2 aromatic carbocycles. The number of carbonyl (C=O) groups is 2. The molecule has 2 atom stereocenters. The normalized spacial score (nSPS) is 18.5. The van der Waals surface area contributed by atoms with E-state index in [4.69, 9.17) is 4.74 Å². The predicted octanol–water partition coefficient (Wildman–Crippen LogP) is 3.34. The van der Waals surface area contributed by atoms with Crippen LogP contribution in [0.3, 0.4) is 0 Å². The number of rotatable bonds is 4. The number of ether oxygens (including phenoxy) is 1. The van der Waals surface area contributed by atoms with Crippen LogP contribution in [0.5, 0.6) is 0 Å². The zero-order valence-electron chi connectivity index (χ0n) is 16.1. The molecule has 0 aliphatic carbocycles. The fourth-order valence-electron chi connectivity index (χ4n) is 3.51. The third-order valence-electron chi connectivity index (χ3n) is 4.94. The van der Waals surface area contributed by atoms with E-state index in [1.165, 1.54) is 19.2 Å². The number of nitrogens with one attached hydrogen (secondary N) is 2. The number of halogens is 1. The Kier molecular flexibility index (Phi) is 5.05. The lowest BCUT2D eigenvalue weighted by Gasteiger charge is -2.32. The highest BCUT2D eigenvalue weighted by molar-refractivity contribution is 5.86. The van der Waals surface area contributed by atoms with E-state index in [-0.39, 0.29) is 11.5 Å². The summed E-state index contributed by atoms with van der Waals surface area (Å²) in [6.45, 7) is 3.82. The zero-order chi connectivity index (χ0) is 21.3.